The van der Waals surface area contributed by atoms with Crippen molar-refractivity contribution in [3.8, 4) is 5.75 Å². The highest BCUT2D eigenvalue weighted by atomic mass is 32.2. The highest BCUT2D eigenvalue weighted by Gasteiger charge is 2.45. The normalized spacial score (nSPS) is 12.3. The molecule has 0 amide bonds. The maximum absolute atomic E-state index is 13.7. The number of halogens is 2. The first kappa shape index (κ1) is 26.2. The predicted octanol–water partition coefficient (Wildman–Crippen LogP) is 6.49. The molecule has 3 aromatic carbocycles. The molecular weight excluding hydrogens is 478 g/mol. The van der Waals surface area contributed by atoms with Gasteiger partial charge >= 0.3 is 15.4 Å². The van der Waals surface area contributed by atoms with Gasteiger partial charge in [-0.3, -0.25) is 4.55 Å². The minimum atomic E-state index is -5.57. The van der Waals surface area contributed by atoms with Gasteiger partial charge in [0, 0.05) is 12.1 Å². The van der Waals surface area contributed by atoms with Crippen LogP contribution >= 0.6 is 0 Å². The Kier molecular flexibility index (Phi) is 7.45. The third-order valence-electron chi connectivity index (χ3n) is 5.29. The number of rotatable bonds is 7. The van der Waals surface area contributed by atoms with E-state index in [4.69, 9.17) is 9.29 Å². The molecule has 1 N–H and O–H groups in total. The Balaban J connectivity index is 2.12. The Morgan fingerprint density at radius 1 is 0.735 bits per heavy atom. The topological polar surface area (TPSA) is 63.6 Å². The molecule has 3 aromatic rings. The molecule has 0 saturated heterocycles. The second-order valence-corrected chi connectivity index (χ2v) is 12.3. The largest absolute Gasteiger partial charge is 0.485 e. The third kappa shape index (κ3) is 5.79. The molecule has 34 heavy (non-hydrogen) atoms. The van der Waals surface area contributed by atoms with E-state index in [0.29, 0.717) is 11.1 Å². The van der Waals surface area contributed by atoms with E-state index in [9.17, 15) is 17.2 Å². The molecule has 0 atom stereocenters. The summed E-state index contributed by atoms with van der Waals surface area (Å²) in [6.45, 7) is 10.2. The van der Waals surface area contributed by atoms with Crippen LogP contribution in [-0.4, -0.2) is 24.8 Å². The molecule has 0 radical (unpaired) electrons. The first-order chi connectivity index (χ1) is 15.7. The first-order valence-electron chi connectivity index (χ1n) is 10.7. The fourth-order valence-corrected chi connectivity index (χ4v) is 6.83. The van der Waals surface area contributed by atoms with Crippen LogP contribution in [0.5, 0.6) is 5.75 Å². The molecule has 0 spiro atoms. The molecule has 4 nitrogen and oxygen atoms in total. The van der Waals surface area contributed by atoms with E-state index in [1.54, 1.807) is 13.8 Å². The van der Waals surface area contributed by atoms with Crippen molar-refractivity contribution in [2.45, 2.75) is 61.5 Å². The van der Waals surface area contributed by atoms with E-state index in [-0.39, 0.29) is 5.75 Å². The molecule has 0 aliphatic rings. The number of aryl methyl sites for hydroxylation is 6. The maximum atomic E-state index is 13.7. The molecule has 3 rings (SSSR count). The van der Waals surface area contributed by atoms with Gasteiger partial charge in [-0.25, -0.2) is 0 Å². The summed E-state index contributed by atoms with van der Waals surface area (Å²) in [6.07, 6.45) is 0. The van der Waals surface area contributed by atoms with Crippen molar-refractivity contribution in [3.63, 3.8) is 0 Å². The van der Waals surface area contributed by atoms with Crippen molar-refractivity contribution in [3.05, 3.63) is 81.9 Å². The van der Waals surface area contributed by atoms with E-state index in [1.165, 1.54) is 0 Å². The average molecular weight is 508 g/mol. The molecule has 8 heteroatoms. The molecule has 0 bridgehead atoms. The summed E-state index contributed by atoms with van der Waals surface area (Å²) >= 11 is 0. The quantitative estimate of drug-likeness (QED) is 0.293. The summed E-state index contributed by atoms with van der Waals surface area (Å²) in [5.41, 5.74) is 5.81. The lowest BCUT2D eigenvalue weighted by atomic mass is 10.1. The summed E-state index contributed by atoms with van der Waals surface area (Å²) < 4.78 is 63.3. The van der Waals surface area contributed by atoms with Gasteiger partial charge in [0.25, 0.3) is 0 Å². The lowest BCUT2D eigenvalue weighted by Gasteiger charge is -2.18. The van der Waals surface area contributed by atoms with Gasteiger partial charge in [0.2, 0.25) is 0 Å². The number of hydrogen-bond donors (Lipinski definition) is 1. The van der Waals surface area contributed by atoms with Crippen LogP contribution in [0.15, 0.2) is 63.2 Å². The predicted molar refractivity (Wildman–Crippen MR) is 132 cm³/mol. The van der Waals surface area contributed by atoms with Crippen LogP contribution in [0.2, 0.25) is 0 Å². The lowest BCUT2D eigenvalue weighted by molar-refractivity contribution is 0.0283. The Hall–Kier alpha value is -2.42. The van der Waals surface area contributed by atoms with Gasteiger partial charge in [-0.2, -0.15) is 17.2 Å². The van der Waals surface area contributed by atoms with E-state index in [0.717, 1.165) is 36.9 Å². The molecule has 0 aliphatic carbocycles. The molecule has 0 unspecified atom stereocenters. The SMILES string of the molecule is Cc1cc(C)cc([S+](c2cc(C)cc(C)c2)c2cc(C)c(OCC(F)(F)S(=O)(=O)O)c(C)c2)c1. The Bertz CT molecular complexity index is 1220. The molecule has 0 saturated carbocycles. The average Bonchev–Trinajstić information content (AvgIpc) is 2.65. The van der Waals surface area contributed by atoms with Gasteiger partial charge in [0.1, 0.15) is 5.75 Å². The molecule has 0 aromatic heterocycles. The minimum absolute atomic E-state index is 0.177. The van der Waals surface area contributed by atoms with Crippen molar-refractivity contribution >= 4 is 21.0 Å². The summed E-state index contributed by atoms with van der Waals surface area (Å²) in [4.78, 5) is 3.29. The van der Waals surface area contributed by atoms with E-state index in [2.05, 4.69) is 64.1 Å². The highest BCUT2D eigenvalue weighted by molar-refractivity contribution is 7.97. The summed E-state index contributed by atoms with van der Waals surface area (Å²) in [6, 6.07) is 16.7. The number of ether oxygens (including phenoxy) is 1. The number of hydrogen-bond acceptors (Lipinski definition) is 3. The second-order valence-electron chi connectivity index (χ2n) is 8.74. The lowest BCUT2D eigenvalue weighted by Crippen LogP contribution is -2.35. The fraction of sp³-hybridized carbons (Fsp3) is 0.308. The Morgan fingerprint density at radius 2 is 1.09 bits per heavy atom. The van der Waals surface area contributed by atoms with Gasteiger partial charge in [-0.1, -0.05) is 12.1 Å². The zero-order valence-corrected chi connectivity index (χ0v) is 21.7. The molecule has 0 aliphatic heterocycles. The molecule has 0 fully saturated rings. The van der Waals surface area contributed by atoms with Crippen molar-refractivity contribution in [1.82, 2.24) is 0 Å². The standard InChI is InChI=1S/C26H28F2O4S2/c1-16-7-17(2)10-22(9-16)33(23-11-18(3)8-19(4)12-23)24-13-20(5)25(21(6)14-24)32-15-26(27,28)34(29,30)31/h7-14H,15H2,1-6H3/p+1. The fourth-order valence-electron chi connectivity index (χ4n) is 4.00. The van der Waals surface area contributed by atoms with Gasteiger partial charge in [0.15, 0.2) is 21.3 Å². The van der Waals surface area contributed by atoms with Gasteiger partial charge in [0.05, 0.1) is 10.9 Å². The first-order valence-corrected chi connectivity index (χ1v) is 13.3. The van der Waals surface area contributed by atoms with Crippen LogP contribution < -0.4 is 4.74 Å². The maximum Gasteiger partial charge on any atom is 0.402 e. The number of alkyl halides is 2. The van der Waals surface area contributed by atoms with Crippen LogP contribution in [0.4, 0.5) is 8.78 Å². The number of benzene rings is 3. The Labute approximate surface area is 203 Å². The van der Waals surface area contributed by atoms with Crippen LogP contribution in [0.25, 0.3) is 0 Å². The summed E-state index contributed by atoms with van der Waals surface area (Å²) in [7, 11) is -6.02. The van der Waals surface area contributed by atoms with Gasteiger partial charge in [-0.15, -0.1) is 0 Å². The van der Waals surface area contributed by atoms with Gasteiger partial charge < -0.3 is 4.74 Å². The van der Waals surface area contributed by atoms with E-state index < -0.39 is 32.9 Å². The Morgan fingerprint density at radius 3 is 1.44 bits per heavy atom. The van der Waals surface area contributed by atoms with Crippen LogP contribution in [0.3, 0.4) is 0 Å². The van der Waals surface area contributed by atoms with Crippen molar-refractivity contribution < 1.29 is 26.5 Å². The monoisotopic (exact) mass is 507 g/mol. The summed E-state index contributed by atoms with van der Waals surface area (Å²) in [5.74, 6) is 0.177. The second kappa shape index (κ2) is 9.68. The van der Waals surface area contributed by atoms with E-state index >= 15 is 0 Å². The summed E-state index contributed by atoms with van der Waals surface area (Å²) in [5, 5.41) is -4.40. The zero-order valence-electron chi connectivity index (χ0n) is 20.1. The third-order valence-corrected chi connectivity index (χ3v) is 8.29. The van der Waals surface area contributed by atoms with Crippen molar-refractivity contribution in [2.75, 3.05) is 6.61 Å². The molecule has 0 heterocycles. The zero-order chi connectivity index (χ0) is 25.4. The molecule has 182 valence electrons. The van der Waals surface area contributed by atoms with Crippen molar-refractivity contribution in [1.29, 1.82) is 0 Å². The van der Waals surface area contributed by atoms with Crippen LogP contribution in [-0.2, 0) is 21.0 Å². The van der Waals surface area contributed by atoms with Crippen LogP contribution in [0.1, 0.15) is 33.4 Å². The molecular formula is C26H29F2O4S2+. The van der Waals surface area contributed by atoms with Gasteiger partial charge in [-0.05, 0) is 99.2 Å². The smallest absolute Gasteiger partial charge is 0.402 e. The highest BCUT2D eigenvalue weighted by Crippen LogP contribution is 2.37. The minimum Gasteiger partial charge on any atom is -0.485 e. The van der Waals surface area contributed by atoms with Crippen molar-refractivity contribution in [2.24, 2.45) is 0 Å². The van der Waals surface area contributed by atoms with Crippen LogP contribution in [0, 0.1) is 41.5 Å². The van der Waals surface area contributed by atoms with E-state index in [1.807, 2.05) is 12.1 Å².